The van der Waals surface area contributed by atoms with E-state index in [1.807, 2.05) is 6.92 Å². The Labute approximate surface area is 218 Å². The van der Waals surface area contributed by atoms with Gasteiger partial charge in [0.2, 0.25) is 21.9 Å². The number of hydrogen-bond acceptors (Lipinski definition) is 8. The van der Waals surface area contributed by atoms with Gasteiger partial charge in [0.25, 0.3) is 5.56 Å². The molecule has 2 aromatic heterocycles. The van der Waals surface area contributed by atoms with Crippen LogP contribution in [0, 0.1) is 0 Å². The molecule has 198 valence electrons. The van der Waals surface area contributed by atoms with Crippen LogP contribution in [0.1, 0.15) is 35.7 Å². The zero-order valence-electron chi connectivity index (χ0n) is 21.1. The number of sulfonamides is 1. The van der Waals surface area contributed by atoms with E-state index < -0.39 is 27.0 Å². The molecular formula is C25H27N7O5S. The first-order valence-electron chi connectivity index (χ1n) is 11.8. The fourth-order valence-corrected chi connectivity index (χ4v) is 5.73. The molecule has 2 heterocycles. The summed E-state index contributed by atoms with van der Waals surface area (Å²) < 4.78 is 32.5. The van der Waals surface area contributed by atoms with Crippen molar-refractivity contribution in [1.29, 1.82) is 0 Å². The van der Waals surface area contributed by atoms with Crippen molar-refractivity contribution in [2.75, 3.05) is 12.6 Å². The molecule has 5 rings (SSSR count). The summed E-state index contributed by atoms with van der Waals surface area (Å²) in [5, 5.41) is 4.25. The van der Waals surface area contributed by atoms with E-state index in [0.717, 1.165) is 18.4 Å². The Kier molecular flexibility index (Phi) is 6.29. The molecule has 1 amide bonds. The van der Waals surface area contributed by atoms with Crippen molar-refractivity contribution >= 4 is 32.8 Å². The van der Waals surface area contributed by atoms with Crippen LogP contribution in [0.5, 0.6) is 0 Å². The molecule has 0 atom stereocenters. The van der Waals surface area contributed by atoms with Gasteiger partial charge in [0.15, 0.2) is 0 Å². The largest absolute Gasteiger partial charge is 0.366 e. The second-order valence-electron chi connectivity index (χ2n) is 9.63. The maximum Gasteiger partial charge on any atom is 0.263 e. The number of fused-ring (bicyclic) bond motifs is 1. The van der Waals surface area contributed by atoms with Crippen LogP contribution < -0.4 is 21.5 Å². The van der Waals surface area contributed by atoms with Gasteiger partial charge in [-0.05, 0) is 49.6 Å². The van der Waals surface area contributed by atoms with Crippen molar-refractivity contribution in [3.05, 3.63) is 70.3 Å². The molecule has 0 radical (unpaired) electrons. The summed E-state index contributed by atoms with van der Waals surface area (Å²) in [4.78, 5) is 35.1. The molecule has 4 aromatic rings. The van der Waals surface area contributed by atoms with Gasteiger partial charge in [-0.25, -0.2) is 23.6 Å². The molecule has 0 unspecified atom stereocenters. The normalized spacial score (nSPS) is 14.5. The highest BCUT2D eigenvalue weighted by Gasteiger charge is 2.41. The molecule has 2 aromatic carbocycles. The smallest absolute Gasteiger partial charge is 0.263 e. The molecule has 4 N–H and O–H groups in total. The summed E-state index contributed by atoms with van der Waals surface area (Å²) in [6, 6.07) is 9.15. The van der Waals surface area contributed by atoms with Crippen molar-refractivity contribution in [3.8, 4) is 11.1 Å². The predicted octanol–water partition coefficient (Wildman–Crippen LogP) is 1.75. The van der Waals surface area contributed by atoms with Gasteiger partial charge >= 0.3 is 0 Å². The third-order valence-corrected chi connectivity index (χ3v) is 8.11. The number of aromatic nitrogens is 4. The molecule has 0 bridgehead atoms. The zero-order chi connectivity index (χ0) is 27.2. The summed E-state index contributed by atoms with van der Waals surface area (Å²) >= 11 is 0. The predicted molar refractivity (Wildman–Crippen MR) is 141 cm³/mol. The lowest BCUT2D eigenvalue weighted by atomic mass is 10.0. The number of nitrogens with two attached hydrogens (primary N) is 1. The minimum atomic E-state index is -3.96. The molecular weight excluding hydrogens is 510 g/mol. The number of benzene rings is 2. The van der Waals surface area contributed by atoms with Gasteiger partial charge in [0.05, 0.1) is 35.6 Å². The average molecular weight is 538 g/mol. The van der Waals surface area contributed by atoms with E-state index in [4.69, 9.17) is 10.6 Å². The Morgan fingerprint density at radius 2 is 1.92 bits per heavy atom. The Morgan fingerprint density at radius 1 is 1.21 bits per heavy atom. The van der Waals surface area contributed by atoms with Crippen molar-refractivity contribution in [2.24, 2.45) is 12.8 Å². The molecule has 1 saturated carbocycles. The fraction of sp³-hybridized carbons (Fsp3) is 0.280. The third kappa shape index (κ3) is 4.90. The summed E-state index contributed by atoms with van der Waals surface area (Å²) in [6.45, 7) is 1.96. The maximum atomic E-state index is 13.9. The molecule has 0 spiro atoms. The van der Waals surface area contributed by atoms with Gasteiger partial charge in [-0.2, -0.15) is 5.10 Å². The van der Waals surface area contributed by atoms with Crippen molar-refractivity contribution < 1.29 is 18.0 Å². The van der Waals surface area contributed by atoms with Crippen LogP contribution in [0.4, 0.5) is 5.95 Å². The van der Waals surface area contributed by atoms with Crippen LogP contribution in [0.15, 0.2) is 58.5 Å². The van der Waals surface area contributed by atoms with Gasteiger partial charge in [-0.3, -0.25) is 23.7 Å². The van der Waals surface area contributed by atoms with Crippen LogP contribution in [0.2, 0.25) is 0 Å². The number of rotatable bonds is 9. The van der Waals surface area contributed by atoms with Gasteiger partial charge < -0.3 is 5.73 Å². The Morgan fingerprint density at radius 3 is 2.50 bits per heavy atom. The minimum Gasteiger partial charge on any atom is -0.366 e. The van der Waals surface area contributed by atoms with Crippen molar-refractivity contribution in [1.82, 2.24) is 24.1 Å². The van der Waals surface area contributed by atoms with Crippen molar-refractivity contribution in [3.63, 3.8) is 0 Å². The standard InChI is InChI=1S/C25H27N7O5S/c1-25(8-9-25)30-38(35,36)18-10-19(16-4-6-17(7-5-16)22(26)33)21-20(11-18)23(34)32(24(28-21)29-37-3)14-15-12-27-31(2)13-15/h4-7,10-13,30H,8-9,14H2,1-3H3,(H2,26,33)(H,28,29). The summed E-state index contributed by atoms with van der Waals surface area (Å²) in [5.41, 5.74) is 9.30. The fourth-order valence-electron chi connectivity index (χ4n) is 4.21. The highest BCUT2D eigenvalue weighted by atomic mass is 32.2. The first kappa shape index (κ1) is 25.6. The molecule has 13 heteroatoms. The van der Waals surface area contributed by atoms with Crippen molar-refractivity contribution in [2.45, 2.75) is 36.7 Å². The van der Waals surface area contributed by atoms with E-state index in [9.17, 15) is 18.0 Å². The molecule has 1 aliphatic carbocycles. The molecule has 1 aliphatic rings. The van der Waals surface area contributed by atoms with E-state index in [2.05, 4.69) is 20.3 Å². The Balaban J connectivity index is 1.77. The van der Waals surface area contributed by atoms with Crippen LogP contribution in [-0.2, 0) is 28.5 Å². The zero-order valence-corrected chi connectivity index (χ0v) is 21.9. The highest BCUT2D eigenvalue weighted by molar-refractivity contribution is 7.89. The quantitative estimate of drug-likeness (QED) is 0.272. The van der Waals surface area contributed by atoms with E-state index in [0.29, 0.717) is 16.7 Å². The number of anilines is 1. The minimum absolute atomic E-state index is 0.0635. The Hall–Kier alpha value is -4.07. The molecule has 38 heavy (non-hydrogen) atoms. The summed E-state index contributed by atoms with van der Waals surface area (Å²) in [6.07, 6.45) is 4.85. The molecule has 0 saturated heterocycles. The summed E-state index contributed by atoms with van der Waals surface area (Å²) in [7, 11) is -0.798. The average Bonchev–Trinajstić information content (AvgIpc) is 3.44. The summed E-state index contributed by atoms with van der Waals surface area (Å²) in [5.74, 6) is -0.467. The van der Waals surface area contributed by atoms with Crippen LogP contribution in [0.3, 0.4) is 0 Å². The van der Waals surface area contributed by atoms with E-state index in [-0.39, 0.29) is 28.3 Å². The number of hydrogen-bond donors (Lipinski definition) is 3. The number of amides is 1. The molecule has 0 aliphatic heterocycles. The second kappa shape index (κ2) is 9.35. The lowest BCUT2D eigenvalue weighted by Crippen LogP contribution is -2.34. The number of nitrogens with zero attached hydrogens (tertiary/aromatic N) is 4. The van der Waals surface area contributed by atoms with E-state index in [1.165, 1.54) is 35.9 Å². The van der Waals surface area contributed by atoms with Gasteiger partial charge in [0.1, 0.15) is 0 Å². The van der Waals surface area contributed by atoms with Gasteiger partial charge in [0, 0.05) is 35.5 Å². The molecule has 1 fully saturated rings. The van der Waals surface area contributed by atoms with Crippen LogP contribution in [0.25, 0.3) is 22.0 Å². The number of nitrogens with one attached hydrogen (secondary N) is 2. The van der Waals surface area contributed by atoms with E-state index in [1.54, 1.807) is 36.3 Å². The highest BCUT2D eigenvalue weighted by Crippen LogP contribution is 2.37. The van der Waals surface area contributed by atoms with E-state index >= 15 is 0 Å². The number of aryl methyl sites for hydroxylation is 1. The molecule has 12 nitrogen and oxygen atoms in total. The maximum absolute atomic E-state index is 13.9. The third-order valence-electron chi connectivity index (χ3n) is 6.50. The van der Waals surface area contributed by atoms with Gasteiger partial charge in [-0.1, -0.05) is 12.1 Å². The lowest BCUT2D eigenvalue weighted by Gasteiger charge is -2.17. The monoisotopic (exact) mass is 537 g/mol. The topological polar surface area (TPSA) is 163 Å². The Bertz CT molecular complexity index is 1720. The van der Waals surface area contributed by atoms with Gasteiger partial charge in [-0.15, -0.1) is 0 Å². The SMILES string of the molecule is CONc1nc2c(-c3ccc(C(N)=O)cc3)cc(S(=O)(=O)NC3(C)CC3)cc2c(=O)n1Cc1cnn(C)c1. The number of carbonyl (C=O) groups excluding carboxylic acids is 1. The number of primary amides is 1. The first-order chi connectivity index (χ1) is 18.0. The van der Waals surface area contributed by atoms with Crippen LogP contribution >= 0.6 is 0 Å². The first-order valence-corrected chi connectivity index (χ1v) is 13.3. The van der Waals surface area contributed by atoms with Crippen LogP contribution in [-0.4, -0.2) is 46.3 Å². The lowest BCUT2D eigenvalue weighted by molar-refractivity contribution is 0.100. The second-order valence-corrected chi connectivity index (χ2v) is 11.3. The number of carbonyl (C=O) groups is 1.